The molecule has 0 saturated heterocycles. The summed E-state index contributed by atoms with van der Waals surface area (Å²) in [4.78, 5) is 15.1. The van der Waals surface area contributed by atoms with Crippen molar-refractivity contribution in [2.24, 2.45) is 0 Å². The van der Waals surface area contributed by atoms with E-state index in [9.17, 15) is 13.2 Å². The summed E-state index contributed by atoms with van der Waals surface area (Å²) in [5.74, 6) is -0.0335. The topological polar surface area (TPSA) is 78.9 Å². The van der Waals surface area contributed by atoms with Crippen LogP contribution in [0.25, 0.3) is 0 Å². The Kier molecular flexibility index (Phi) is 9.03. The number of hydrogen-bond acceptors (Lipinski definition) is 5. The van der Waals surface area contributed by atoms with Gasteiger partial charge >= 0.3 is 0 Å². The molecule has 2 aromatic rings. The first-order valence-electron chi connectivity index (χ1n) is 10.4. The van der Waals surface area contributed by atoms with Crippen molar-refractivity contribution in [3.8, 4) is 5.75 Å². The number of carbonyl (C=O) groups excluding carboxylic acids is 1. The molecule has 0 radical (unpaired) electrons. The van der Waals surface area contributed by atoms with E-state index in [1.165, 1.54) is 35.2 Å². The first-order chi connectivity index (χ1) is 14.7. The molecule has 0 bridgehead atoms. The fourth-order valence-corrected chi connectivity index (χ4v) is 4.85. The van der Waals surface area contributed by atoms with Crippen LogP contribution in [0, 0.1) is 0 Å². The average molecular weight is 448 g/mol. The number of nitrogens with one attached hydrogen (secondary N) is 1. The highest BCUT2D eigenvalue weighted by Crippen LogP contribution is 2.24. The summed E-state index contributed by atoms with van der Waals surface area (Å²) in [6.45, 7) is 4.70. The molecule has 0 aliphatic heterocycles. The van der Waals surface area contributed by atoms with Gasteiger partial charge in [-0.05, 0) is 44.3 Å². The van der Waals surface area contributed by atoms with Crippen LogP contribution < -0.4 is 10.1 Å². The molecular formula is C23H33N3O4S. The molecule has 0 spiro atoms. The Morgan fingerprint density at radius 1 is 1.06 bits per heavy atom. The highest BCUT2D eigenvalue weighted by Gasteiger charge is 2.25. The summed E-state index contributed by atoms with van der Waals surface area (Å²) in [5.41, 5.74) is 1.38. The number of carbonyl (C=O) groups is 1. The van der Waals surface area contributed by atoms with Crippen LogP contribution >= 0.6 is 0 Å². The van der Waals surface area contributed by atoms with Crippen LogP contribution in [0.3, 0.4) is 0 Å². The zero-order valence-electron chi connectivity index (χ0n) is 19.0. The molecule has 2 rings (SSSR count). The molecule has 2 aromatic carbocycles. The number of benzene rings is 2. The third-order valence-electron chi connectivity index (χ3n) is 5.30. The van der Waals surface area contributed by atoms with Gasteiger partial charge in [-0.25, -0.2) is 8.42 Å². The van der Waals surface area contributed by atoms with Gasteiger partial charge in [-0.2, -0.15) is 4.31 Å². The molecular weight excluding hydrogens is 414 g/mol. The maximum Gasteiger partial charge on any atom is 0.255 e. The van der Waals surface area contributed by atoms with E-state index >= 15 is 0 Å². The largest absolute Gasteiger partial charge is 0.496 e. The van der Waals surface area contributed by atoms with E-state index in [0.717, 1.165) is 6.42 Å². The van der Waals surface area contributed by atoms with E-state index in [1.807, 2.05) is 32.3 Å². The summed E-state index contributed by atoms with van der Waals surface area (Å²) in [5, 5.41) is 2.94. The second-order valence-corrected chi connectivity index (χ2v) is 9.41. The van der Waals surface area contributed by atoms with Crippen LogP contribution in [-0.4, -0.2) is 70.4 Å². The fraction of sp³-hybridized carbons (Fsp3) is 0.435. The van der Waals surface area contributed by atoms with Crippen molar-refractivity contribution in [2.75, 3.05) is 40.8 Å². The number of rotatable bonds is 11. The van der Waals surface area contributed by atoms with E-state index in [2.05, 4.69) is 22.3 Å². The van der Waals surface area contributed by atoms with Crippen molar-refractivity contribution < 1.29 is 17.9 Å². The van der Waals surface area contributed by atoms with Gasteiger partial charge in [-0.1, -0.05) is 44.2 Å². The van der Waals surface area contributed by atoms with E-state index in [0.29, 0.717) is 25.4 Å². The lowest BCUT2D eigenvalue weighted by molar-refractivity contribution is 0.0938. The molecule has 1 N–H and O–H groups in total. The fourth-order valence-electron chi connectivity index (χ4n) is 3.37. The van der Waals surface area contributed by atoms with Gasteiger partial charge in [0.25, 0.3) is 5.91 Å². The van der Waals surface area contributed by atoms with Crippen molar-refractivity contribution in [2.45, 2.75) is 31.2 Å². The zero-order valence-corrected chi connectivity index (χ0v) is 19.8. The quantitative estimate of drug-likeness (QED) is 0.573. The van der Waals surface area contributed by atoms with E-state index in [1.54, 1.807) is 13.8 Å². The van der Waals surface area contributed by atoms with Crippen molar-refractivity contribution in [1.82, 2.24) is 14.5 Å². The van der Waals surface area contributed by atoms with Crippen LogP contribution in [0.4, 0.5) is 0 Å². The van der Waals surface area contributed by atoms with Gasteiger partial charge in [0, 0.05) is 25.7 Å². The molecule has 31 heavy (non-hydrogen) atoms. The number of methoxy groups -OCH3 is 1. The molecule has 7 nitrogen and oxygen atoms in total. The Morgan fingerprint density at radius 3 is 2.26 bits per heavy atom. The summed E-state index contributed by atoms with van der Waals surface area (Å²) in [6.07, 6.45) is 0.779. The molecule has 0 aliphatic rings. The third kappa shape index (κ3) is 6.29. The highest BCUT2D eigenvalue weighted by molar-refractivity contribution is 7.89. The van der Waals surface area contributed by atoms with Gasteiger partial charge in [0.15, 0.2) is 0 Å². The Balaban J connectivity index is 2.23. The minimum Gasteiger partial charge on any atom is -0.496 e. The smallest absolute Gasteiger partial charge is 0.255 e. The SMILES string of the molecule is CCN(CC)S(=O)(=O)c1ccc(OC)c(C(=O)NCC(Cc2ccccc2)N(C)C)c1. The van der Waals surface area contributed by atoms with E-state index in [4.69, 9.17) is 4.74 Å². The van der Waals surface area contributed by atoms with Crippen molar-refractivity contribution in [3.05, 3.63) is 59.7 Å². The van der Waals surface area contributed by atoms with Crippen molar-refractivity contribution in [3.63, 3.8) is 0 Å². The predicted octanol–water partition coefficient (Wildman–Crippen LogP) is 2.63. The minimum atomic E-state index is -3.68. The molecule has 1 unspecified atom stereocenters. The lowest BCUT2D eigenvalue weighted by Gasteiger charge is -2.25. The van der Waals surface area contributed by atoms with Gasteiger partial charge in [0.2, 0.25) is 10.0 Å². The second-order valence-electron chi connectivity index (χ2n) is 7.47. The predicted molar refractivity (Wildman–Crippen MR) is 123 cm³/mol. The maximum atomic E-state index is 13.0. The lowest BCUT2D eigenvalue weighted by atomic mass is 10.0. The molecule has 170 valence electrons. The summed E-state index contributed by atoms with van der Waals surface area (Å²) < 4.78 is 32.4. The van der Waals surface area contributed by atoms with Crippen LogP contribution in [0.5, 0.6) is 5.75 Å². The summed E-state index contributed by atoms with van der Waals surface area (Å²) in [7, 11) is 1.72. The standard InChI is InChI=1S/C23H33N3O4S/c1-6-26(7-2)31(28,29)20-13-14-22(30-5)21(16-20)23(27)24-17-19(25(3)4)15-18-11-9-8-10-12-18/h8-14,16,19H,6-7,15,17H2,1-5H3,(H,24,27). The lowest BCUT2D eigenvalue weighted by Crippen LogP contribution is -2.41. The first kappa shape index (κ1) is 24.8. The molecule has 0 saturated carbocycles. The molecule has 1 amide bonds. The minimum absolute atomic E-state index is 0.0793. The molecule has 0 heterocycles. The molecule has 0 fully saturated rings. The summed E-state index contributed by atoms with van der Waals surface area (Å²) >= 11 is 0. The first-order valence-corrected chi connectivity index (χ1v) is 11.8. The third-order valence-corrected chi connectivity index (χ3v) is 7.35. The number of nitrogens with zero attached hydrogens (tertiary/aromatic N) is 2. The van der Waals surface area contributed by atoms with Crippen LogP contribution in [-0.2, 0) is 16.4 Å². The van der Waals surface area contributed by atoms with Gasteiger partial charge in [-0.15, -0.1) is 0 Å². The van der Waals surface area contributed by atoms with Gasteiger partial charge in [-0.3, -0.25) is 4.79 Å². The average Bonchev–Trinajstić information content (AvgIpc) is 2.77. The second kappa shape index (κ2) is 11.3. The maximum absolute atomic E-state index is 13.0. The molecule has 0 aliphatic carbocycles. The number of hydrogen-bond donors (Lipinski definition) is 1. The monoisotopic (exact) mass is 447 g/mol. The number of sulfonamides is 1. The highest BCUT2D eigenvalue weighted by atomic mass is 32.2. The van der Waals surface area contributed by atoms with E-state index in [-0.39, 0.29) is 22.4 Å². The number of amides is 1. The molecule has 1 atom stereocenters. The van der Waals surface area contributed by atoms with Crippen molar-refractivity contribution >= 4 is 15.9 Å². The van der Waals surface area contributed by atoms with Crippen molar-refractivity contribution in [1.29, 1.82) is 0 Å². The van der Waals surface area contributed by atoms with Crippen LogP contribution in [0.15, 0.2) is 53.4 Å². The zero-order chi connectivity index (χ0) is 23.0. The Bertz CT molecular complexity index is 958. The molecule has 8 heteroatoms. The molecule has 0 aromatic heterocycles. The van der Waals surface area contributed by atoms with Gasteiger partial charge in [0.05, 0.1) is 17.6 Å². The van der Waals surface area contributed by atoms with E-state index < -0.39 is 10.0 Å². The Hall–Kier alpha value is -2.42. The normalized spacial score (nSPS) is 12.7. The van der Waals surface area contributed by atoms with Gasteiger partial charge < -0.3 is 15.0 Å². The Labute approximate surface area is 186 Å². The Morgan fingerprint density at radius 2 is 1.71 bits per heavy atom. The van der Waals surface area contributed by atoms with Gasteiger partial charge in [0.1, 0.15) is 5.75 Å². The van der Waals surface area contributed by atoms with Crippen LogP contribution in [0.2, 0.25) is 0 Å². The summed E-state index contributed by atoms with van der Waals surface area (Å²) in [6, 6.07) is 14.6. The van der Waals surface area contributed by atoms with Crippen LogP contribution in [0.1, 0.15) is 29.8 Å². The number of likely N-dealkylation sites (N-methyl/N-ethyl adjacent to an activating group) is 1. The number of ether oxygens (including phenoxy) is 1.